The summed E-state index contributed by atoms with van der Waals surface area (Å²) in [5, 5.41) is 9.10. The second-order valence-electron chi connectivity index (χ2n) is 6.09. The van der Waals surface area contributed by atoms with Crippen LogP contribution in [0.3, 0.4) is 0 Å². The van der Waals surface area contributed by atoms with Crippen molar-refractivity contribution in [2.24, 2.45) is 17.6 Å². The first kappa shape index (κ1) is 17.7. The molecule has 0 bridgehead atoms. The van der Waals surface area contributed by atoms with E-state index in [1.54, 1.807) is 0 Å². The maximum atomic E-state index is 11.1. The minimum absolute atomic E-state index is 0.239. The SMILES string of the molecule is CCC(CCCc1ccc(C)c(C)c1)CC(CN)C(=O)O. The highest BCUT2D eigenvalue weighted by molar-refractivity contribution is 5.70. The Morgan fingerprint density at radius 3 is 2.52 bits per heavy atom. The van der Waals surface area contributed by atoms with Gasteiger partial charge in [-0.1, -0.05) is 38.0 Å². The lowest BCUT2D eigenvalue weighted by molar-refractivity contribution is -0.142. The van der Waals surface area contributed by atoms with Gasteiger partial charge < -0.3 is 10.8 Å². The summed E-state index contributed by atoms with van der Waals surface area (Å²) in [7, 11) is 0. The minimum atomic E-state index is -0.759. The van der Waals surface area contributed by atoms with Crippen molar-refractivity contribution in [3.8, 4) is 0 Å². The summed E-state index contributed by atoms with van der Waals surface area (Å²) < 4.78 is 0. The summed E-state index contributed by atoms with van der Waals surface area (Å²) in [6.45, 7) is 6.65. The molecule has 1 aromatic rings. The first-order chi connectivity index (χ1) is 9.97. The van der Waals surface area contributed by atoms with Gasteiger partial charge in [0.1, 0.15) is 0 Å². The van der Waals surface area contributed by atoms with Crippen LogP contribution in [0.15, 0.2) is 18.2 Å². The highest BCUT2D eigenvalue weighted by Crippen LogP contribution is 2.22. The fourth-order valence-electron chi connectivity index (χ4n) is 2.74. The third-order valence-electron chi connectivity index (χ3n) is 4.48. The molecular weight excluding hydrogens is 262 g/mol. The van der Waals surface area contributed by atoms with Crippen molar-refractivity contribution >= 4 is 5.97 Å². The van der Waals surface area contributed by atoms with E-state index in [1.807, 2.05) is 0 Å². The second kappa shape index (κ2) is 8.83. The van der Waals surface area contributed by atoms with Crippen LogP contribution in [0, 0.1) is 25.7 Å². The zero-order chi connectivity index (χ0) is 15.8. The van der Waals surface area contributed by atoms with E-state index in [2.05, 4.69) is 39.0 Å². The predicted molar refractivity (Wildman–Crippen MR) is 87.4 cm³/mol. The van der Waals surface area contributed by atoms with Gasteiger partial charge in [-0.15, -0.1) is 0 Å². The van der Waals surface area contributed by atoms with Crippen LogP contribution >= 0.6 is 0 Å². The Morgan fingerprint density at radius 2 is 2.00 bits per heavy atom. The third-order valence-corrected chi connectivity index (χ3v) is 4.48. The molecule has 0 aliphatic rings. The smallest absolute Gasteiger partial charge is 0.307 e. The molecule has 0 fully saturated rings. The molecule has 0 saturated heterocycles. The first-order valence-corrected chi connectivity index (χ1v) is 7.96. The fourth-order valence-corrected chi connectivity index (χ4v) is 2.74. The van der Waals surface area contributed by atoms with Crippen LogP contribution in [0.2, 0.25) is 0 Å². The van der Waals surface area contributed by atoms with Gasteiger partial charge in [0, 0.05) is 6.54 Å². The van der Waals surface area contributed by atoms with Gasteiger partial charge in [-0.05, 0) is 55.7 Å². The average Bonchev–Trinajstić information content (AvgIpc) is 2.46. The van der Waals surface area contributed by atoms with Crippen LogP contribution in [0.5, 0.6) is 0 Å². The number of carbonyl (C=O) groups is 1. The number of carboxylic acids is 1. The summed E-state index contributed by atoms with van der Waals surface area (Å²) >= 11 is 0. The summed E-state index contributed by atoms with van der Waals surface area (Å²) in [6.07, 6.45) is 4.98. The number of benzene rings is 1. The minimum Gasteiger partial charge on any atom is -0.481 e. The predicted octanol–water partition coefficient (Wildman–Crippen LogP) is 3.70. The molecule has 2 atom stereocenters. The Hall–Kier alpha value is -1.35. The van der Waals surface area contributed by atoms with Crippen LogP contribution in [0.4, 0.5) is 0 Å². The van der Waals surface area contributed by atoms with Crippen LogP contribution in [-0.2, 0) is 11.2 Å². The second-order valence-corrected chi connectivity index (χ2v) is 6.09. The van der Waals surface area contributed by atoms with Crippen LogP contribution in [-0.4, -0.2) is 17.6 Å². The van der Waals surface area contributed by atoms with Gasteiger partial charge in [-0.2, -0.15) is 0 Å². The lowest BCUT2D eigenvalue weighted by Gasteiger charge is -2.18. The Balaban J connectivity index is 2.44. The van der Waals surface area contributed by atoms with E-state index in [0.29, 0.717) is 12.3 Å². The molecule has 3 nitrogen and oxygen atoms in total. The summed E-state index contributed by atoms with van der Waals surface area (Å²) in [6, 6.07) is 6.64. The van der Waals surface area contributed by atoms with E-state index in [1.165, 1.54) is 16.7 Å². The summed E-state index contributed by atoms with van der Waals surface area (Å²) in [5.41, 5.74) is 9.60. The molecule has 0 saturated carbocycles. The van der Waals surface area contributed by atoms with Crippen molar-refractivity contribution in [2.75, 3.05) is 6.54 Å². The molecule has 3 heteroatoms. The maximum Gasteiger partial charge on any atom is 0.307 e. The molecule has 0 aliphatic carbocycles. The Morgan fingerprint density at radius 1 is 1.29 bits per heavy atom. The molecule has 0 radical (unpaired) electrons. The largest absolute Gasteiger partial charge is 0.481 e. The molecule has 0 spiro atoms. The molecule has 1 rings (SSSR count). The molecule has 0 aromatic heterocycles. The molecular formula is C18H29NO2. The third kappa shape index (κ3) is 5.88. The first-order valence-electron chi connectivity index (χ1n) is 7.96. The lowest BCUT2D eigenvalue weighted by atomic mass is 9.88. The number of aliphatic carboxylic acids is 1. The van der Waals surface area contributed by atoms with Gasteiger partial charge in [0.15, 0.2) is 0 Å². The van der Waals surface area contributed by atoms with E-state index in [9.17, 15) is 4.79 Å². The van der Waals surface area contributed by atoms with Gasteiger partial charge in [-0.3, -0.25) is 4.79 Å². The van der Waals surface area contributed by atoms with E-state index in [0.717, 1.165) is 25.7 Å². The van der Waals surface area contributed by atoms with Crippen LogP contribution in [0.1, 0.15) is 49.3 Å². The molecule has 0 aliphatic heterocycles. The summed E-state index contributed by atoms with van der Waals surface area (Å²) in [5.74, 6) is -0.692. The van der Waals surface area contributed by atoms with Crippen molar-refractivity contribution in [3.05, 3.63) is 34.9 Å². The van der Waals surface area contributed by atoms with Crippen molar-refractivity contribution in [1.82, 2.24) is 0 Å². The zero-order valence-corrected chi connectivity index (χ0v) is 13.6. The Bertz CT molecular complexity index is 457. The molecule has 2 unspecified atom stereocenters. The zero-order valence-electron chi connectivity index (χ0n) is 13.6. The number of hydrogen-bond acceptors (Lipinski definition) is 2. The highest BCUT2D eigenvalue weighted by Gasteiger charge is 2.20. The number of aryl methyl sites for hydroxylation is 3. The molecule has 3 N–H and O–H groups in total. The van der Waals surface area contributed by atoms with Gasteiger partial charge in [0.25, 0.3) is 0 Å². The molecule has 21 heavy (non-hydrogen) atoms. The van der Waals surface area contributed by atoms with Gasteiger partial charge in [0.05, 0.1) is 5.92 Å². The van der Waals surface area contributed by atoms with Crippen LogP contribution < -0.4 is 5.73 Å². The quantitative estimate of drug-likeness (QED) is 0.729. The van der Waals surface area contributed by atoms with Crippen molar-refractivity contribution in [2.45, 2.75) is 52.9 Å². The molecule has 0 heterocycles. The molecule has 0 amide bonds. The van der Waals surface area contributed by atoms with Gasteiger partial charge in [0.2, 0.25) is 0 Å². The number of carboxylic acid groups (broad SMARTS) is 1. The topological polar surface area (TPSA) is 63.3 Å². The highest BCUT2D eigenvalue weighted by atomic mass is 16.4. The van der Waals surface area contributed by atoms with E-state index in [-0.39, 0.29) is 6.54 Å². The molecule has 118 valence electrons. The van der Waals surface area contributed by atoms with Crippen molar-refractivity contribution < 1.29 is 9.90 Å². The van der Waals surface area contributed by atoms with Crippen molar-refractivity contribution in [3.63, 3.8) is 0 Å². The van der Waals surface area contributed by atoms with Crippen LogP contribution in [0.25, 0.3) is 0 Å². The van der Waals surface area contributed by atoms with E-state index >= 15 is 0 Å². The Kier molecular flexibility index (Phi) is 7.44. The van der Waals surface area contributed by atoms with Gasteiger partial charge in [-0.25, -0.2) is 0 Å². The van der Waals surface area contributed by atoms with Crippen molar-refractivity contribution in [1.29, 1.82) is 0 Å². The number of nitrogens with two attached hydrogens (primary N) is 1. The lowest BCUT2D eigenvalue weighted by Crippen LogP contribution is -2.25. The van der Waals surface area contributed by atoms with Gasteiger partial charge >= 0.3 is 5.97 Å². The summed E-state index contributed by atoms with van der Waals surface area (Å²) in [4.78, 5) is 11.1. The number of rotatable bonds is 9. The monoisotopic (exact) mass is 291 g/mol. The molecule has 1 aromatic carbocycles. The maximum absolute atomic E-state index is 11.1. The Labute approximate surface area is 128 Å². The number of hydrogen-bond donors (Lipinski definition) is 2. The standard InChI is InChI=1S/C18H29NO2/c1-4-15(11-17(12-19)18(20)21)6-5-7-16-9-8-13(2)14(3)10-16/h8-10,15,17H,4-7,11-12,19H2,1-3H3,(H,20,21). The normalized spacial score (nSPS) is 13.9. The fraction of sp³-hybridized carbons (Fsp3) is 0.611. The average molecular weight is 291 g/mol. The van der Waals surface area contributed by atoms with E-state index < -0.39 is 11.9 Å². The van der Waals surface area contributed by atoms with E-state index in [4.69, 9.17) is 10.8 Å².